The van der Waals surface area contributed by atoms with Gasteiger partial charge < -0.3 is 0 Å². The normalized spacial score (nSPS) is 26.1. The Morgan fingerprint density at radius 1 is 0.765 bits per heavy atom. The minimum atomic E-state index is 0.737. The first-order valence-electron chi connectivity index (χ1n) is 14.9. The Bertz CT molecular complexity index is 703. The molecule has 0 bridgehead atoms. The van der Waals surface area contributed by atoms with Crippen molar-refractivity contribution in [1.82, 2.24) is 0 Å². The molecule has 0 N–H and O–H groups in total. The maximum absolute atomic E-state index is 4.72. The summed E-state index contributed by atoms with van der Waals surface area (Å²) in [5.74, 6) is 4.64. The number of isothiocyanates is 1. The van der Waals surface area contributed by atoms with Gasteiger partial charge in [-0.25, -0.2) is 0 Å². The summed E-state index contributed by atoms with van der Waals surface area (Å²) < 4.78 is 0. The van der Waals surface area contributed by atoms with Gasteiger partial charge in [0.1, 0.15) is 0 Å². The highest BCUT2D eigenvalue weighted by molar-refractivity contribution is 7.78. The van der Waals surface area contributed by atoms with Gasteiger partial charge in [-0.2, -0.15) is 4.99 Å². The summed E-state index contributed by atoms with van der Waals surface area (Å²) in [4.78, 5) is 4.09. The Balaban J connectivity index is 1.27. The van der Waals surface area contributed by atoms with Crippen LogP contribution in [0.2, 0.25) is 0 Å². The van der Waals surface area contributed by atoms with E-state index in [4.69, 9.17) is 12.2 Å². The number of unbranched alkanes of at least 4 members (excludes halogenated alkanes) is 8. The molecule has 1 aromatic carbocycles. The van der Waals surface area contributed by atoms with E-state index in [1.165, 1.54) is 121 Å². The van der Waals surface area contributed by atoms with Crippen LogP contribution < -0.4 is 0 Å². The molecule has 1 nitrogen and oxygen atoms in total. The zero-order chi connectivity index (χ0) is 24.0. The molecule has 3 rings (SSSR count). The van der Waals surface area contributed by atoms with Crippen LogP contribution in [0.25, 0.3) is 0 Å². The van der Waals surface area contributed by atoms with E-state index in [9.17, 15) is 0 Å². The molecule has 0 spiro atoms. The van der Waals surface area contributed by atoms with E-state index in [0.29, 0.717) is 0 Å². The molecule has 1 aromatic rings. The summed E-state index contributed by atoms with van der Waals surface area (Å²) in [7, 11) is 0. The van der Waals surface area contributed by atoms with E-state index in [-0.39, 0.29) is 0 Å². The second-order valence-corrected chi connectivity index (χ2v) is 11.8. The molecule has 2 fully saturated rings. The van der Waals surface area contributed by atoms with Gasteiger partial charge in [0.05, 0.1) is 10.8 Å². The maximum atomic E-state index is 4.72. The van der Waals surface area contributed by atoms with Gasteiger partial charge in [-0.05, 0) is 98.0 Å². The molecule has 34 heavy (non-hydrogen) atoms. The molecule has 2 aliphatic carbocycles. The molecular weight excluding hydrogens is 430 g/mol. The van der Waals surface area contributed by atoms with Crippen LogP contribution in [0.1, 0.15) is 141 Å². The van der Waals surface area contributed by atoms with Crippen LogP contribution in [0.4, 0.5) is 5.69 Å². The molecule has 1 atom stereocenters. The Kier molecular flexibility index (Phi) is 12.9. The minimum Gasteiger partial charge on any atom is -0.195 e. The van der Waals surface area contributed by atoms with Gasteiger partial charge in [0.2, 0.25) is 0 Å². The van der Waals surface area contributed by atoms with Gasteiger partial charge in [0.25, 0.3) is 0 Å². The molecule has 0 saturated heterocycles. The maximum Gasteiger partial charge on any atom is 0.0739 e. The molecule has 0 aliphatic heterocycles. The third-order valence-electron chi connectivity index (χ3n) is 9.41. The molecule has 0 radical (unpaired) electrons. The molecule has 2 heteroatoms. The number of rotatable bonds is 14. The number of hydrogen-bond acceptors (Lipinski definition) is 2. The van der Waals surface area contributed by atoms with Crippen molar-refractivity contribution in [2.75, 3.05) is 0 Å². The van der Waals surface area contributed by atoms with E-state index < -0.39 is 0 Å². The highest BCUT2D eigenvalue weighted by Crippen LogP contribution is 2.45. The second kappa shape index (κ2) is 15.9. The lowest BCUT2D eigenvalue weighted by Crippen LogP contribution is -2.28. The number of aliphatic imine (C=N–C) groups is 1. The highest BCUT2D eigenvalue weighted by Gasteiger charge is 2.32. The Labute approximate surface area is 216 Å². The van der Waals surface area contributed by atoms with E-state index in [1.54, 1.807) is 0 Å². The monoisotopic (exact) mass is 481 g/mol. The average Bonchev–Trinajstić information content (AvgIpc) is 2.88. The van der Waals surface area contributed by atoms with Crippen LogP contribution in [-0.2, 0) is 0 Å². The fourth-order valence-corrected chi connectivity index (χ4v) is 7.09. The Morgan fingerprint density at radius 2 is 1.29 bits per heavy atom. The standard InChI is InChI=1S/C32H51NS/c1-3-4-5-6-7-8-9-10-11-12-27-13-15-28(16-14-27)26(2)29-17-19-30(20-18-29)31-21-23-32(24-22-31)33-25-34/h21-24,26-30H,3-20H2,1-2H3. The van der Waals surface area contributed by atoms with E-state index >= 15 is 0 Å². The largest absolute Gasteiger partial charge is 0.195 e. The lowest BCUT2D eigenvalue weighted by atomic mass is 9.66. The number of nitrogens with zero attached hydrogens (tertiary/aromatic N) is 1. The molecule has 2 saturated carbocycles. The first kappa shape index (κ1) is 27.6. The van der Waals surface area contributed by atoms with Gasteiger partial charge in [-0.15, -0.1) is 0 Å². The molecule has 0 aromatic heterocycles. The predicted molar refractivity (Wildman–Crippen MR) is 152 cm³/mol. The Hall–Kier alpha value is -0.980. The summed E-state index contributed by atoms with van der Waals surface area (Å²) in [5.41, 5.74) is 2.42. The quantitative estimate of drug-likeness (QED) is 0.146. The van der Waals surface area contributed by atoms with Crippen molar-refractivity contribution in [2.45, 2.75) is 135 Å². The van der Waals surface area contributed by atoms with Gasteiger partial charge in [0.15, 0.2) is 0 Å². The average molecular weight is 482 g/mol. The molecule has 0 heterocycles. The predicted octanol–water partition coefficient (Wildman–Crippen LogP) is 11.1. The van der Waals surface area contributed by atoms with Gasteiger partial charge >= 0.3 is 0 Å². The van der Waals surface area contributed by atoms with E-state index in [2.05, 4.69) is 48.3 Å². The van der Waals surface area contributed by atoms with Crippen molar-refractivity contribution in [3.05, 3.63) is 29.8 Å². The summed E-state index contributed by atoms with van der Waals surface area (Å²) in [6, 6.07) is 8.70. The fourth-order valence-electron chi connectivity index (χ4n) is 6.98. The number of thiocarbonyl (C=S) groups is 1. The lowest BCUT2D eigenvalue weighted by Gasteiger charge is -2.39. The highest BCUT2D eigenvalue weighted by atomic mass is 32.1. The van der Waals surface area contributed by atoms with Crippen LogP contribution in [0.15, 0.2) is 29.3 Å². The van der Waals surface area contributed by atoms with Crippen molar-refractivity contribution in [3.63, 3.8) is 0 Å². The third kappa shape index (κ3) is 9.23. The van der Waals surface area contributed by atoms with Crippen LogP contribution in [0, 0.1) is 23.7 Å². The smallest absolute Gasteiger partial charge is 0.0739 e. The van der Waals surface area contributed by atoms with Crippen molar-refractivity contribution in [2.24, 2.45) is 28.7 Å². The molecule has 190 valence electrons. The van der Waals surface area contributed by atoms with Crippen LogP contribution in [0.5, 0.6) is 0 Å². The minimum absolute atomic E-state index is 0.737. The zero-order valence-corrected chi connectivity index (χ0v) is 23.1. The van der Waals surface area contributed by atoms with Crippen LogP contribution in [0.3, 0.4) is 0 Å². The van der Waals surface area contributed by atoms with Crippen molar-refractivity contribution < 1.29 is 0 Å². The zero-order valence-electron chi connectivity index (χ0n) is 22.3. The van der Waals surface area contributed by atoms with Crippen molar-refractivity contribution in [1.29, 1.82) is 0 Å². The van der Waals surface area contributed by atoms with Crippen LogP contribution >= 0.6 is 12.2 Å². The number of hydrogen-bond donors (Lipinski definition) is 0. The molecular formula is C32H51NS. The van der Waals surface area contributed by atoms with Gasteiger partial charge in [-0.3, -0.25) is 0 Å². The summed E-state index contributed by atoms with van der Waals surface area (Å²) in [6.07, 6.45) is 26.2. The Morgan fingerprint density at radius 3 is 1.85 bits per heavy atom. The summed E-state index contributed by atoms with van der Waals surface area (Å²) in [6.45, 7) is 4.90. The first-order valence-corrected chi connectivity index (χ1v) is 15.3. The van der Waals surface area contributed by atoms with Crippen molar-refractivity contribution >= 4 is 23.1 Å². The third-order valence-corrected chi connectivity index (χ3v) is 9.50. The first-order chi connectivity index (χ1) is 16.7. The van der Waals surface area contributed by atoms with Crippen LogP contribution in [-0.4, -0.2) is 5.16 Å². The fraction of sp³-hybridized carbons (Fsp3) is 0.781. The lowest BCUT2D eigenvalue weighted by molar-refractivity contribution is 0.131. The van der Waals surface area contributed by atoms with Gasteiger partial charge in [-0.1, -0.05) is 103 Å². The second-order valence-electron chi connectivity index (χ2n) is 11.7. The van der Waals surface area contributed by atoms with Gasteiger partial charge in [0, 0.05) is 0 Å². The summed E-state index contributed by atoms with van der Waals surface area (Å²) >= 11 is 4.72. The number of benzene rings is 1. The van der Waals surface area contributed by atoms with Crippen molar-refractivity contribution in [3.8, 4) is 0 Å². The SMILES string of the molecule is CCCCCCCCCCCC1CCC(C(C)C2CCC(c3ccc(N=C=S)cc3)CC2)CC1. The van der Waals surface area contributed by atoms with E-state index in [1.807, 2.05) is 0 Å². The molecule has 2 aliphatic rings. The molecule has 0 amide bonds. The topological polar surface area (TPSA) is 12.4 Å². The van der Waals surface area contributed by atoms with E-state index in [0.717, 1.165) is 35.3 Å². The summed E-state index contributed by atoms with van der Waals surface area (Å²) in [5, 5.41) is 2.47. The molecule has 1 unspecified atom stereocenters.